The zero-order valence-electron chi connectivity index (χ0n) is 10.1. The molecule has 8 heteroatoms. The number of rotatable bonds is 5. The summed E-state index contributed by atoms with van der Waals surface area (Å²) in [6.07, 6.45) is 0. The molecular formula is C9H16N6O2. The predicted octanol–water partition coefficient (Wildman–Crippen LogP) is -0.965. The number of nitrogens with one attached hydrogen (secondary N) is 1. The molecule has 0 saturated heterocycles. The molecule has 1 aromatic rings. The summed E-state index contributed by atoms with van der Waals surface area (Å²) in [4.78, 5) is 24.1. The lowest BCUT2D eigenvalue weighted by Gasteiger charge is -2.11. The van der Waals surface area contributed by atoms with Gasteiger partial charge in [-0.2, -0.15) is 15.0 Å². The molecule has 8 nitrogen and oxygen atoms in total. The molecule has 1 amide bonds. The molecule has 1 aromatic heterocycles. The van der Waals surface area contributed by atoms with Crippen LogP contribution < -0.4 is 20.7 Å². The Bertz CT molecular complexity index is 395. The third-order valence-electron chi connectivity index (χ3n) is 1.73. The SMILES string of the molecule is CC(=O)NCCOc1nc(N)nc(N(C)C)n1. The van der Waals surface area contributed by atoms with Crippen molar-refractivity contribution in [3.63, 3.8) is 0 Å². The van der Waals surface area contributed by atoms with Crippen LogP contribution in [0.2, 0.25) is 0 Å². The van der Waals surface area contributed by atoms with E-state index in [9.17, 15) is 4.79 Å². The normalized spacial score (nSPS) is 9.82. The lowest BCUT2D eigenvalue weighted by atomic mass is 10.6. The summed E-state index contributed by atoms with van der Waals surface area (Å²) in [5, 5.41) is 2.59. The van der Waals surface area contributed by atoms with Crippen molar-refractivity contribution in [3.05, 3.63) is 0 Å². The summed E-state index contributed by atoms with van der Waals surface area (Å²) in [5.74, 6) is 0.406. The fourth-order valence-electron chi connectivity index (χ4n) is 0.995. The fourth-order valence-corrected chi connectivity index (χ4v) is 0.995. The van der Waals surface area contributed by atoms with Gasteiger partial charge in [-0.1, -0.05) is 0 Å². The summed E-state index contributed by atoms with van der Waals surface area (Å²) in [6.45, 7) is 2.10. The second-order valence-electron chi connectivity index (χ2n) is 3.50. The van der Waals surface area contributed by atoms with Crippen LogP contribution >= 0.6 is 0 Å². The lowest BCUT2D eigenvalue weighted by molar-refractivity contribution is -0.119. The van der Waals surface area contributed by atoms with Gasteiger partial charge >= 0.3 is 6.01 Å². The van der Waals surface area contributed by atoms with E-state index < -0.39 is 0 Å². The Hall–Kier alpha value is -2.12. The summed E-state index contributed by atoms with van der Waals surface area (Å²) < 4.78 is 5.24. The Labute approximate surface area is 99.2 Å². The number of nitrogens with two attached hydrogens (primary N) is 1. The number of ether oxygens (including phenoxy) is 1. The average molecular weight is 240 g/mol. The molecule has 0 saturated carbocycles. The summed E-state index contributed by atoms with van der Waals surface area (Å²) in [5.41, 5.74) is 5.51. The standard InChI is InChI=1S/C9H16N6O2/c1-6(16)11-4-5-17-9-13-7(10)12-8(14-9)15(2)3/h4-5H2,1-3H3,(H,11,16)(H2,10,12,13,14). The van der Waals surface area contributed by atoms with E-state index in [-0.39, 0.29) is 24.5 Å². The monoisotopic (exact) mass is 240 g/mol. The van der Waals surface area contributed by atoms with Crippen LogP contribution in [0.1, 0.15) is 6.92 Å². The van der Waals surface area contributed by atoms with E-state index in [2.05, 4.69) is 20.3 Å². The van der Waals surface area contributed by atoms with Gasteiger partial charge in [0, 0.05) is 21.0 Å². The number of carbonyl (C=O) groups excluding carboxylic acids is 1. The number of hydrogen-bond acceptors (Lipinski definition) is 7. The van der Waals surface area contributed by atoms with Gasteiger partial charge in [-0.05, 0) is 0 Å². The third kappa shape index (κ3) is 4.49. The van der Waals surface area contributed by atoms with Gasteiger partial charge in [-0.25, -0.2) is 0 Å². The summed E-state index contributed by atoms with van der Waals surface area (Å²) in [6, 6.07) is 0.145. The highest BCUT2D eigenvalue weighted by molar-refractivity contribution is 5.72. The van der Waals surface area contributed by atoms with E-state index in [1.54, 1.807) is 19.0 Å². The van der Waals surface area contributed by atoms with Gasteiger partial charge in [0.2, 0.25) is 17.8 Å². The van der Waals surface area contributed by atoms with E-state index >= 15 is 0 Å². The molecule has 0 aliphatic rings. The van der Waals surface area contributed by atoms with Crippen LogP contribution in [-0.2, 0) is 4.79 Å². The topological polar surface area (TPSA) is 106 Å². The van der Waals surface area contributed by atoms with Crippen molar-refractivity contribution in [3.8, 4) is 6.01 Å². The van der Waals surface area contributed by atoms with Crippen molar-refractivity contribution in [2.45, 2.75) is 6.92 Å². The number of anilines is 2. The fraction of sp³-hybridized carbons (Fsp3) is 0.556. The maximum Gasteiger partial charge on any atom is 0.323 e. The van der Waals surface area contributed by atoms with Crippen molar-refractivity contribution >= 4 is 17.8 Å². The second kappa shape index (κ2) is 5.83. The number of nitrogen functional groups attached to an aromatic ring is 1. The Morgan fingerprint density at radius 3 is 2.71 bits per heavy atom. The molecule has 0 atom stereocenters. The molecule has 0 bridgehead atoms. The quantitative estimate of drug-likeness (QED) is 0.638. The highest BCUT2D eigenvalue weighted by Crippen LogP contribution is 2.10. The van der Waals surface area contributed by atoms with Crippen LogP contribution in [0.4, 0.5) is 11.9 Å². The molecule has 94 valence electrons. The number of carbonyl (C=O) groups is 1. The number of nitrogens with zero attached hydrogens (tertiary/aromatic N) is 4. The molecule has 3 N–H and O–H groups in total. The first-order valence-corrected chi connectivity index (χ1v) is 5.05. The van der Waals surface area contributed by atoms with E-state index in [1.165, 1.54) is 6.92 Å². The predicted molar refractivity (Wildman–Crippen MR) is 62.7 cm³/mol. The Morgan fingerprint density at radius 2 is 2.12 bits per heavy atom. The van der Waals surface area contributed by atoms with Crippen molar-refractivity contribution in [2.75, 3.05) is 37.9 Å². The highest BCUT2D eigenvalue weighted by Gasteiger charge is 2.06. The summed E-state index contributed by atoms with van der Waals surface area (Å²) in [7, 11) is 3.58. The molecule has 0 aliphatic carbocycles. The summed E-state index contributed by atoms with van der Waals surface area (Å²) >= 11 is 0. The Kier molecular flexibility index (Phi) is 4.44. The van der Waals surface area contributed by atoms with Crippen LogP contribution in [0.5, 0.6) is 6.01 Å². The molecular weight excluding hydrogens is 224 g/mol. The van der Waals surface area contributed by atoms with Crippen LogP contribution in [0.3, 0.4) is 0 Å². The van der Waals surface area contributed by atoms with Crippen molar-refractivity contribution < 1.29 is 9.53 Å². The maximum absolute atomic E-state index is 10.6. The number of aromatic nitrogens is 3. The van der Waals surface area contributed by atoms with Gasteiger partial charge in [-0.3, -0.25) is 4.79 Å². The van der Waals surface area contributed by atoms with E-state index in [0.29, 0.717) is 12.5 Å². The first-order chi connectivity index (χ1) is 7.99. The van der Waals surface area contributed by atoms with E-state index in [4.69, 9.17) is 10.5 Å². The minimum atomic E-state index is -0.113. The van der Waals surface area contributed by atoms with E-state index in [0.717, 1.165) is 0 Å². The Balaban J connectivity index is 2.55. The largest absolute Gasteiger partial charge is 0.461 e. The lowest BCUT2D eigenvalue weighted by Crippen LogP contribution is -2.26. The smallest absolute Gasteiger partial charge is 0.323 e. The van der Waals surface area contributed by atoms with Crippen LogP contribution in [0, 0.1) is 0 Å². The first kappa shape index (κ1) is 12.9. The molecule has 0 aliphatic heterocycles. The van der Waals surface area contributed by atoms with Crippen molar-refractivity contribution in [1.29, 1.82) is 0 Å². The molecule has 0 unspecified atom stereocenters. The molecule has 1 rings (SSSR count). The van der Waals surface area contributed by atoms with Crippen LogP contribution in [-0.4, -0.2) is 48.1 Å². The molecule has 0 spiro atoms. The molecule has 0 aromatic carbocycles. The van der Waals surface area contributed by atoms with Gasteiger partial charge in [-0.15, -0.1) is 0 Å². The van der Waals surface area contributed by atoms with Gasteiger partial charge < -0.3 is 20.7 Å². The minimum absolute atomic E-state index is 0.0956. The van der Waals surface area contributed by atoms with Crippen molar-refractivity contribution in [2.24, 2.45) is 0 Å². The highest BCUT2D eigenvalue weighted by atomic mass is 16.5. The zero-order chi connectivity index (χ0) is 12.8. The van der Waals surface area contributed by atoms with E-state index in [1.807, 2.05) is 0 Å². The van der Waals surface area contributed by atoms with Crippen LogP contribution in [0.25, 0.3) is 0 Å². The zero-order valence-corrected chi connectivity index (χ0v) is 10.1. The van der Waals surface area contributed by atoms with Crippen molar-refractivity contribution in [1.82, 2.24) is 20.3 Å². The number of hydrogen-bond donors (Lipinski definition) is 2. The molecule has 17 heavy (non-hydrogen) atoms. The Morgan fingerprint density at radius 1 is 1.41 bits per heavy atom. The number of amides is 1. The molecule has 1 heterocycles. The maximum atomic E-state index is 10.6. The third-order valence-corrected chi connectivity index (χ3v) is 1.73. The van der Waals surface area contributed by atoms with Gasteiger partial charge in [0.1, 0.15) is 6.61 Å². The molecule has 0 radical (unpaired) electrons. The second-order valence-corrected chi connectivity index (χ2v) is 3.50. The first-order valence-electron chi connectivity index (χ1n) is 5.05. The molecule has 0 fully saturated rings. The van der Waals surface area contributed by atoms with Gasteiger partial charge in [0.05, 0.1) is 6.54 Å². The average Bonchev–Trinajstić information content (AvgIpc) is 2.23. The van der Waals surface area contributed by atoms with Crippen LogP contribution in [0.15, 0.2) is 0 Å². The minimum Gasteiger partial charge on any atom is -0.461 e. The van der Waals surface area contributed by atoms with Gasteiger partial charge in [0.25, 0.3) is 0 Å². The van der Waals surface area contributed by atoms with Gasteiger partial charge in [0.15, 0.2) is 0 Å².